The summed E-state index contributed by atoms with van der Waals surface area (Å²) in [5.74, 6) is 1.91. The number of nitrogens with zero attached hydrogens (tertiary/aromatic N) is 3. The SMILES string of the molecule is CCCN(Cc1c(CC)nn(-c2ccccc2)c1Oc1ccccc1OC)C(=O)C(C)C. The highest BCUT2D eigenvalue weighted by Crippen LogP contribution is 2.36. The zero-order chi connectivity index (χ0) is 23.1. The minimum Gasteiger partial charge on any atom is -0.493 e. The molecule has 2 aromatic carbocycles. The monoisotopic (exact) mass is 435 g/mol. The van der Waals surface area contributed by atoms with Gasteiger partial charge in [-0.3, -0.25) is 4.79 Å². The van der Waals surface area contributed by atoms with E-state index in [0.717, 1.165) is 29.8 Å². The first-order chi connectivity index (χ1) is 15.5. The van der Waals surface area contributed by atoms with Crippen molar-refractivity contribution in [2.45, 2.75) is 47.1 Å². The first-order valence-electron chi connectivity index (χ1n) is 11.3. The van der Waals surface area contributed by atoms with Crippen molar-refractivity contribution in [2.24, 2.45) is 5.92 Å². The van der Waals surface area contributed by atoms with Crippen molar-refractivity contribution in [1.82, 2.24) is 14.7 Å². The molecule has 6 nitrogen and oxygen atoms in total. The lowest BCUT2D eigenvalue weighted by molar-refractivity contribution is -0.135. The Labute approximate surface area is 190 Å². The highest BCUT2D eigenvalue weighted by atomic mass is 16.5. The van der Waals surface area contributed by atoms with Gasteiger partial charge in [0.25, 0.3) is 0 Å². The molecular formula is C26H33N3O3. The molecule has 0 radical (unpaired) electrons. The van der Waals surface area contributed by atoms with Crippen LogP contribution in [0, 0.1) is 5.92 Å². The van der Waals surface area contributed by atoms with E-state index in [1.165, 1.54) is 0 Å². The van der Waals surface area contributed by atoms with Gasteiger partial charge in [-0.2, -0.15) is 5.10 Å². The molecule has 0 aliphatic heterocycles. The van der Waals surface area contributed by atoms with E-state index in [2.05, 4.69) is 13.8 Å². The van der Waals surface area contributed by atoms with Crippen molar-refractivity contribution in [3.05, 3.63) is 65.9 Å². The number of hydrogen-bond donors (Lipinski definition) is 0. The van der Waals surface area contributed by atoms with E-state index in [0.29, 0.717) is 30.5 Å². The second-order valence-corrected chi connectivity index (χ2v) is 8.00. The lowest BCUT2D eigenvalue weighted by atomic mass is 10.1. The summed E-state index contributed by atoms with van der Waals surface area (Å²) in [6, 6.07) is 17.5. The number of hydrogen-bond acceptors (Lipinski definition) is 4. The van der Waals surface area contributed by atoms with Crippen LogP contribution < -0.4 is 9.47 Å². The van der Waals surface area contributed by atoms with E-state index in [4.69, 9.17) is 14.6 Å². The van der Waals surface area contributed by atoms with Gasteiger partial charge in [-0.15, -0.1) is 0 Å². The minimum absolute atomic E-state index is 0.0746. The number of aromatic nitrogens is 2. The van der Waals surface area contributed by atoms with Crippen LogP contribution in [0.25, 0.3) is 5.69 Å². The number of carbonyl (C=O) groups is 1. The van der Waals surface area contributed by atoms with Crippen molar-refractivity contribution < 1.29 is 14.3 Å². The Morgan fingerprint density at radius 2 is 1.69 bits per heavy atom. The standard InChI is InChI=1S/C26H33N3O3/c1-6-17-28(25(30)19(3)4)18-21-22(7-2)27-29(20-13-9-8-10-14-20)26(21)32-24-16-12-11-15-23(24)31-5/h8-16,19H,6-7,17-18H2,1-5H3. The van der Waals surface area contributed by atoms with Crippen LogP contribution in [0.1, 0.15) is 45.4 Å². The fourth-order valence-corrected chi connectivity index (χ4v) is 3.67. The maximum atomic E-state index is 12.9. The molecule has 0 saturated carbocycles. The number of amides is 1. The summed E-state index contributed by atoms with van der Waals surface area (Å²) in [5, 5.41) is 4.88. The van der Waals surface area contributed by atoms with Crippen LogP contribution in [0.4, 0.5) is 0 Å². The third kappa shape index (κ3) is 5.13. The van der Waals surface area contributed by atoms with Crippen LogP contribution in [0.3, 0.4) is 0 Å². The normalized spacial score (nSPS) is 10.9. The maximum Gasteiger partial charge on any atom is 0.228 e. The number of methoxy groups -OCH3 is 1. The fraction of sp³-hybridized carbons (Fsp3) is 0.385. The molecule has 3 aromatic rings. The highest BCUT2D eigenvalue weighted by molar-refractivity contribution is 5.78. The molecule has 0 spiro atoms. The second-order valence-electron chi connectivity index (χ2n) is 8.00. The third-order valence-corrected chi connectivity index (χ3v) is 5.28. The highest BCUT2D eigenvalue weighted by Gasteiger charge is 2.26. The molecule has 32 heavy (non-hydrogen) atoms. The lowest BCUT2D eigenvalue weighted by Crippen LogP contribution is -2.34. The van der Waals surface area contributed by atoms with Gasteiger partial charge in [0, 0.05) is 12.5 Å². The third-order valence-electron chi connectivity index (χ3n) is 5.28. The molecule has 6 heteroatoms. The molecule has 0 fully saturated rings. The first-order valence-corrected chi connectivity index (χ1v) is 11.3. The molecule has 0 bridgehead atoms. The smallest absolute Gasteiger partial charge is 0.228 e. The number of ether oxygens (including phenoxy) is 2. The zero-order valence-electron chi connectivity index (χ0n) is 19.7. The molecular weight excluding hydrogens is 402 g/mol. The van der Waals surface area contributed by atoms with Crippen LogP contribution in [-0.2, 0) is 17.8 Å². The maximum absolute atomic E-state index is 12.9. The van der Waals surface area contributed by atoms with Gasteiger partial charge < -0.3 is 14.4 Å². The molecule has 0 aliphatic carbocycles. The summed E-state index contributed by atoms with van der Waals surface area (Å²) in [4.78, 5) is 14.8. The summed E-state index contributed by atoms with van der Waals surface area (Å²) < 4.78 is 13.8. The Morgan fingerprint density at radius 3 is 2.28 bits per heavy atom. The van der Waals surface area contributed by atoms with Gasteiger partial charge in [0.1, 0.15) is 0 Å². The molecule has 0 aliphatic rings. The topological polar surface area (TPSA) is 56.6 Å². The van der Waals surface area contributed by atoms with E-state index in [9.17, 15) is 4.79 Å². The van der Waals surface area contributed by atoms with Crippen molar-refractivity contribution in [1.29, 1.82) is 0 Å². The van der Waals surface area contributed by atoms with Crippen LogP contribution in [0.15, 0.2) is 54.6 Å². The number of benzene rings is 2. The van der Waals surface area contributed by atoms with E-state index >= 15 is 0 Å². The number of carbonyl (C=O) groups excluding carboxylic acids is 1. The van der Waals surface area contributed by atoms with Gasteiger partial charge in [0.2, 0.25) is 11.8 Å². The van der Waals surface area contributed by atoms with Gasteiger partial charge in [0.05, 0.1) is 30.6 Å². The van der Waals surface area contributed by atoms with Crippen LogP contribution >= 0.6 is 0 Å². The average Bonchev–Trinajstić information content (AvgIpc) is 3.16. The first kappa shape index (κ1) is 23.4. The molecule has 1 aromatic heterocycles. The Kier molecular flexibility index (Phi) is 7.92. The van der Waals surface area contributed by atoms with Crippen molar-refractivity contribution in [3.63, 3.8) is 0 Å². The number of rotatable bonds is 10. The quantitative estimate of drug-likeness (QED) is 0.414. The van der Waals surface area contributed by atoms with Crippen molar-refractivity contribution in [3.8, 4) is 23.1 Å². The Bertz CT molecular complexity index is 1030. The van der Waals surface area contributed by atoms with Gasteiger partial charge in [-0.1, -0.05) is 58.0 Å². The Balaban J connectivity index is 2.14. The summed E-state index contributed by atoms with van der Waals surface area (Å²) >= 11 is 0. The zero-order valence-corrected chi connectivity index (χ0v) is 19.7. The van der Waals surface area contributed by atoms with Crippen molar-refractivity contribution >= 4 is 5.91 Å². The van der Waals surface area contributed by atoms with Gasteiger partial charge in [-0.05, 0) is 37.1 Å². The minimum atomic E-state index is -0.0746. The van der Waals surface area contributed by atoms with Gasteiger partial charge >= 0.3 is 0 Å². The van der Waals surface area contributed by atoms with E-state index in [-0.39, 0.29) is 11.8 Å². The molecule has 1 amide bonds. The lowest BCUT2D eigenvalue weighted by Gasteiger charge is -2.25. The van der Waals surface area contributed by atoms with Crippen LogP contribution in [-0.4, -0.2) is 34.2 Å². The Morgan fingerprint density at radius 1 is 1.03 bits per heavy atom. The van der Waals surface area contributed by atoms with Gasteiger partial charge in [-0.25, -0.2) is 4.68 Å². The molecule has 0 N–H and O–H groups in total. The van der Waals surface area contributed by atoms with E-state index < -0.39 is 0 Å². The summed E-state index contributed by atoms with van der Waals surface area (Å²) in [7, 11) is 1.62. The van der Waals surface area contributed by atoms with Crippen LogP contribution in [0.5, 0.6) is 17.4 Å². The molecule has 0 unspecified atom stereocenters. The number of para-hydroxylation sites is 3. The van der Waals surface area contributed by atoms with E-state index in [1.807, 2.05) is 78.0 Å². The molecule has 0 saturated heterocycles. The summed E-state index contributed by atoms with van der Waals surface area (Å²) in [6.45, 7) is 9.16. The van der Waals surface area contributed by atoms with Crippen LogP contribution in [0.2, 0.25) is 0 Å². The second kappa shape index (κ2) is 10.8. The van der Waals surface area contributed by atoms with Crippen molar-refractivity contribution in [2.75, 3.05) is 13.7 Å². The summed E-state index contributed by atoms with van der Waals surface area (Å²) in [5.41, 5.74) is 2.73. The predicted octanol–water partition coefficient (Wildman–Crippen LogP) is 5.63. The molecule has 1 heterocycles. The number of aryl methyl sites for hydroxylation is 1. The largest absolute Gasteiger partial charge is 0.493 e. The average molecular weight is 436 g/mol. The molecule has 0 atom stereocenters. The van der Waals surface area contributed by atoms with E-state index in [1.54, 1.807) is 7.11 Å². The molecule has 170 valence electrons. The summed E-state index contributed by atoms with van der Waals surface area (Å²) in [6.07, 6.45) is 1.61. The predicted molar refractivity (Wildman–Crippen MR) is 127 cm³/mol. The fourth-order valence-electron chi connectivity index (χ4n) is 3.67. The molecule has 3 rings (SSSR count). The van der Waals surface area contributed by atoms with Gasteiger partial charge in [0.15, 0.2) is 11.5 Å². The Hall–Kier alpha value is -3.28.